The van der Waals surface area contributed by atoms with Crippen LogP contribution in [-0.4, -0.2) is 60.1 Å². The van der Waals surface area contributed by atoms with Crippen molar-refractivity contribution < 1.29 is 38.5 Å². The molecule has 322 valence electrons. The van der Waals surface area contributed by atoms with E-state index in [1.54, 1.807) is 0 Å². The molecule has 8 nitrogen and oxygen atoms in total. The van der Waals surface area contributed by atoms with Gasteiger partial charge in [-0.25, -0.2) is 0 Å². The van der Waals surface area contributed by atoms with E-state index in [4.69, 9.17) is 14.2 Å². The van der Waals surface area contributed by atoms with E-state index in [1.807, 2.05) is 12.2 Å². The molecular weight excluding hydrogens is 729 g/mol. The summed E-state index contributed by atoms with van der Waals surface area (Å²) in [4.78, 5) is 47.0. The maximum absolute atomic E-state index is 12.3. The summed E-state index contributed by atoms with van der Waals surface area (Å²) in [6, 6.07) is 0. The Bertz CT molecular complexity index is 1730. The van der Waals surface area contributed by atoms with Crippen molar-refractivity contribution in [3.05, 3.63) is 23.3 Å². The molecule has 0 radical (unpaired) electrons. The molecule has 0 bridgehead atoms. The summed E-state index contributed by atoms with van der Waals surface area (Å²) in [6.45, 7) is 20.4. The normalized spacial score (nSPS) is 48.0. The van der Waals surface area contributed by atoms with E-state index in [9.17, 15) is 24.3 Å². The maximum Gasteiger partial charge on any atom is 0.302 e. The lowest BCUT2D eigenvalue weighted by Crippen LogP contribution is -2.58. The Morgan fingerprint density at radius 3 is 1.67 bits per heavy atom. The first kappa shape index (κ1) is 42.4. The van der Waals surface area contributed by atoms with Gasteiger partial charge in [-0.1, -0.05) is 54.0 Å². The Labute approximate surface area is 348 Å². The number of esters is 2. The lowest BCUT2D eigenvalue weighted by molar-refractivity contribution is -0.146. The lowest BCUT2D eigenvalue weighted by Gasteiger charge is -2.61. The first-order valence-electron chi connectivity index (χ1n) is 23.5. The fourth-order valence-electron chi connectivity index (χ4n) is 16.7. The van der Waals surface area contributed by atoms with E-state index >= 15 is 0 Å². The average Bonchev–Trinajstić information content (AvgIpc) is 3.77. The first-order chi connectivity index (χ1) is 27.4. The fraction of sp³-hybridized carbons (Fsp3) is 0.840. The molecule has 0 spiro atoms. The van der Waals surface area contributed by atoms with Gasteiger partial charge in [0.05, 0.1) is 25.4 Å². The summed E-state index contributed by atoms with van der Waals surface area (Å²) < 4.78 is 17.0. The second-order valence-corrected chi connectivity index (χ2v) is 22.1. The second kappa shape index (κ2) is 15.2. The van der Waals surface area contributed by atoms with E-state index in [-0.39, 0.29) is 52.1 Å². The minimum Gasteiger partial charge on any atom is -0.466 e. The summed E-state index contributed by atoms with van der Waals surface area (Å²) in [7, 11) is 0. The highest BCUT2D eigenvalue weighted by Gasteiger charge is 2.69. The van der Waals surface area contributed by atoms with Crippen LogP contribution in [-0.2, 0) is 33.4 Å². The monoisotopic (exact) mass is 803 g/mol. The molecule has 0 aromatic heterocycles. The predicted octanol–water partition coefficient (Wildman–Crippen LogP) is 9.26. The van der Waals surface area contributed by atoms with Crippen LogP contribution in [0.15, 0.2) is 23.3 Å². The zero-order valence-electron chi connectivity index (χ0n) is 37.1. The minimum atomic E-state index is -0.350. The van der Waals surface area contributed by atoms with Crippen LogP contribution in [0.5, 0.6) is 0 Å². The Morgan fingerprint density at radius 1 is 0.707 bits per heavy atom. The van der Waals surface area contributed by atoms with Crippen molar-refractivity contribution in [2.24, 2.45) is 86.8 Å². The molecule has 9 aliphatic rings. The van der Waals surface area contributed by atoms with Gasteiger partial charge in [0.25, 0.3) is 0 Å². The van der Waals surface area contributed by atoms with E-state index in [0.717, 1.165) is 38.5 Å². The standard InChI is InChI=1S/C26H40O4.C24H34O4/c1-6-18-22-13-17(28)9-11-26(22,5)21-10-12-25(4)19(15(2)14-30-16(3)27)7-8-20(25)23(21)24(18)29;1-13(12-27-14(2)25)16-5-6-17-20-18(8-10-23(16,17)3)24(4)9-7-15(26)11-19(24)21-22(20)28-21/h13,15,18-21,23-24,29H,6-12,14H2,1-5H3;11,13,16-18,20-22H,5-10,12H2,1-4H3/t15-,18+,19-,20?,21?,23?,24-,25-,26-;13-,16-,17?,18?,20?,21-,22+,23-,24-/m11/s1. The van der Waals surface area contributed by atoms with Gasteiger partial charge in [-0.15, -0.1) is 0 Å². The van der Waals surface area contributed by atoms with Crippen molar-refractivity contribution in [1.82, 2.24) is 0 Å². The largest absolute Gasteiger partial charge is 0.466 e. The molecule has 6 unspecified atom stereocenters. The molecule has 7 fully saturated rings. The number of ketones is 2. The number of hydrogen-bond acceptors (Lipinski definition) is 8. The van der Waals surface area contributed by atoms with Crippen LogP contribution in [0, 0.1) is 86.8 Å². The van der Waals surface area contributed by atoms with Crippen LogP contribution >= 0.6 is 0 Å². The Balaban J connectivity index is 0.000000162. The highest BCUT2D eigenvalue weighted by atomic mass is 16.6. The van der Waals surface area contributed by atoms with Crippen LogP contribution in [0.4, 0.5) is 0 Å². The van der Waals surface area contributed by atoms with Crippen molar-refractivity contribution in [3.63, 3.8) is 0 Å². The van der Waals surface area contributed by atoms with Crippen LogP contribution in [0.2, 0.25) is 0 Å². The number of aliphatic hydroxyl groups is 1. The van der Waals surface area contributed by atoms with Crippen LogP contribution in [0.1, 0.15) is 146 Å². The topological polar surface area (TPSA) is 120 Å². The third-order valence-corrected chi connectivity index (χ3v) is 19.5. The van der Waals surface area contributed by atoms with Crippen LogP contribution in [0.25, 0.3) is 0 Å². The van der Waals surface area contributed by atoms with Crippen LogP contribution < -0.4 is 0 Å². The van der Waals surface area contributed by atoms with E-state index in [0.29, 0.717) is 103 Å². The van der Waals surface area contributed by atoms with Gasteiger partial charge >= 0.3 is 11.9 Å². The van der Waals surface area contributed by atoms with Gasteiger partial charge in [0.1, 0.15) is 6.10 Å². The minimum absolute atomic E-state index is 0.0568. The van der Waals surface area contributed by atoms with Crippen LogP contribution in [0.3, 0.4) is 0 Å². The van der Waals surface area contributed by atoms with E-state index in [1.165, 1.54) is 57.1 Å². The van der Waals surface area contributed by atoms with Gasteiger partial charge in [0, 0.05) is 32.6 Å². The zero-order chi connectivity index (χ0) is 41.7. The Hall–Kier alpha value is -2.32. The predicted molar refractivity (Wildman–Crippen MR) is 222 cm³/mol. The number of hydrogen-bond donors (Lipinski definition) is 1. The highest BCUT2D eigenvalue weighted by molar-refractivity contribution is 5.92. The maximum atomic E-state index is 12.3. The van der Waals surface area contributed by atoms with E-state index in [2.05, 4.69) is 48.5 Å². The van der Waals surface area contributed by atoms with Gasteiger partial charge in [-0.05, 0) is 169 Å². The molecule has 8 aliphatic carbocycles. The van der Waals surface area contributed by atoms with Crippen molar-refractivity contribution in [3.8, 4) is 0 Å². The fourth-order valence-corrected chi connectivity index (χ4v) is 16.7. The molecule has 1 heterocycles. The quantitative estimate of drug-likeness (QED) is 0.200. The molecule has 9 rings (SSSR count). The SMILES string of the molecule is CC(=O)OC[C@@H](C)[C@H]1CCC2C3C(CC[C@@]21C)[C@@]1(C)CCC(=O)C=C1[C@H]1O[C@@H]31.CC[C@H]1C2=CC(=O)CC[C@]2(C)C2CC[C@@]3(C)C(CC[C@@H]3[C@H](C)COC(C)=O)C2[C@@H]1O. The number of carbonyl (C=O) groups is 4. The molecular formula is C50H74O8. The van der Waals surface area contributed by atoms with Gasteiger partial charge in [0.2, 0.25) is 0 Å². The molecule has 0 amide bonds. The molecule has 18 atom stereocenters. The van der Waals surface area contributed by atoms with E-state index < -0.39 is 0 Å². The third-order valence-electron chi connectivity index (χ3n) is 19.5. The summed E-state index contributed by atoms with van der Waals surface area (Å²) >= 11 is 0. The van der Waals surface area contributed by atoms with Gasteiger partial charge < -0.3 is 19.3 Å². The number of fused-ring (bicyclic) bond motifs is 13. The zero-order valence-corrected chi connectivity index (χ0v) is 37.1. The Morgan fingerprint density at radius 2 is 1.17 bits per heavy atom. The summed E-state index contributed by atoms with van der Waals surface area (Å²) in [5, 5.41) is 11.6. The van der Waals surface area contributed by atoms with Gasteiger partial charge in [-0.2, -0.15) is 0 Å². The van der Waals surface area contributed by atoms with Gasteiger partial charge in [-0.3, -0.25) is 19.2 Å². The van der Waals surface area contributed by atoms with Crippen molar-refractivity contribution >= 4 is 23.5 Å². The molecule has 58 heavy (non-hydrogen) atoms. The molecule has 1 saturated heterocycles. The van der Waals surface area contributed by atoms with Crippen molar-refractivity contribution in [2.75, 3.05) is 13.2 Å². The molecule has 0 aromatic carbocycles. The third kappa shape index (κ3) is 6.65. The summed E-state index contributed by atoms with van der Waals surface area (Å²) in [5.74, 6) is 5.47. The lowest BCUT2D eigenvalue weighted by atomic mass is 9.43. The van der Waals surface area contributed by atoms with Crippen molar-refractivity contribution in [1.29, 1.82) is 0 Å². The molecule has 0 aromatic rings. The highest BCUT2D eigenvalue weighted by Crippen LogP contribution is 2.71. The molecule has 8 heteroatoms. The summed E-state index contributed by atoms with van der Waals surface area (Å²) in [5.41, 5.74) is 3.29. The number of ether oxygens (including phenoxy) is 3. The molecule has 1 aliphatic heterocycles. The smallest absolute Gasteiger partial charge is 0.302 e. The molecule has 6 saturated carbocycles. The number of epoxide rings is 1. The summed E-state index contributed by atoms with van der Waals surface area (Å²) in [6.07, 6.45) is 17.9. The number of aliphatic hydroxyl groups excluding tert-OH is 1. The number of rotatable bonds is 7. The average molecular weight is 803 g/mol. The van der Waals surface area contributed by atoms with Gasteiger partial charge in [0.15, 0.2) is 11.6 Å². The second-order valence-electron chi connectivity index (χ2n) is 22.1. The Kier molecular flexibility index (Phi) is 11.1. The number of carbonyl (C=O) groups excluding carboxylic acids is 4. The molecule has 1 N–H and O–H groups in total. The van der Waals surface area contributed by atoms with Crippen molar-refractivity contribution in [2.45, 2.75) is 164 Å². The first-order valence-corrected chi connectivity index (χ1v) is 23.5.